The zero-order valence-electron chi connectivity index (χ0n) is 17.1. The molecular weight excluding hydrogens is 418 g/mol. The van der Waals surface area contributed by atoms with Gasteiger partial charge < -0.3 is 20.3 Å². The molecule has 1 aromatic carbocycles. The number of carbonyl (C=O) groups excluding carboxylic acids is 1. The minimum absolute atomic E-state index is 0.0105. The molecule has 0 radical (unpaired) electrons. The molecule has 0 bridgehead atoms. The summed E-state index contributed by atoms with van der Waals surface area (Å²) >= 11 is 3.56. The number of aliphatic hydroxyl groups is 1. The van der Waals surface area contributed by atoms with Crippen molar-refractivity contribution in [3.8, 4) is 0 Å². The molecule has 1 aliphatic heterocycles. The molecule has 0 saturated carbocycles. The summed E-state index contributed by atoms with van der Waals surface area (Å²) in [5, 5.41) is 16.7. The van der Waals surface area contributed by atoms with Crippen LogP contribution in [0.15, 0.2) is 45.7 Å². The smallest absolute Gasteiger partial charge is 0.252 e. The van der Waals surface area contributed by atoms with Crippen LogP contribution in [0.3, 0.4) is 0 Å². The first-order valence-electron chi connectivity index (χ1n) is 9.59. The second-order valence-electron chi connectivity index (χ2n) is 7.75. The van der Waals surface area contributed by atoms with Crippen molar-refractivity contribution < 1.29 is 9.90 Å². The molecule has 5 nitrogen and oxygen atoms in total. The van der Waals surface area contributed by atoms with E-state index in [0.29, 0.717) is 18.2 Å². The third-order valence-corrected chi connectivity index (χ3v) is 5.78. The minimum Gasteiger partial charge on any atom is -0.390 e. The van der Waals surface area contributed by atoms with Crippen LogP contribution in [0.1, 0.15) is 49.7 Å². The normalized spacial score (nSPS) is 17.1. The second kappa shape index (κ2) is 8.13. The van der Waals surface area contributed by atoms with Crippen LogP contribution in [0.25, 0.3) is 10.9 Å². The number of halogens is 1. The summed E-state index contributed by atoms with van der Waals surface area (Å²) in [5.74, 6) is -0.0830. The molecule has 1 aliphatic rings. The predicted octanol–water partition coefficient (Wildman–Crippen LogP) is 4.21. The first-order valence-corrected chi connectivity index (χ1v) is 10.4. The summed E-state index contributed by atoms with van der Waals surface area (Å²) < 4.78 is 3.09. The Bertz CT molecular complexity index is 985. The predicted molar refractivity (Wildman–Crippen MR) is 118 cm³/mol. The van der Waals surface area contributed by atoms with Gasteiger partial charge in [-0.25, -0.2) is 0 Å². The quantitative estimate of drug-likeness (QED) is 0.645. The van der Waals surface area contributed by atoms with E-state index in [2.05, 4.69) is 57.2 Å². The monoisotopic (exact) mass is 445 g/mol. The number of rotatable bonds is 5. The number of carbonyl (C=O) groups is 1. The molecule has 6 heteroatoms. The Morgan fingerprint density at radius 3 is 2.68 bits per heavy atom. The van der Waals surface area contributed by atoms with Crippen molar-refractivity contribution >= 4 is 32.7 Å². The molecule has 0 fully saturated rings. The van der Waals surface area contributed by atoms with Crippen LogP contribution in [0.4, 0.5) is 0 Å². The SMILES string of the molecule is CC1=C(CNC(=O)c2cc(Br)cc3c2c(C)cn3C(C)C)C(C)NC(CO)=C1. The number of aryl methyl sites for hydroxylation is 1. The van der Waals surface area contributed by atoms with Gasteiger partial charge in [0, 0.05) is 40.4 Å². The van der Waals surface area contributed by atoms with Crippen LogP contribution >= 0.6 is 15.9 Å². The summed E-state index contributed by atoms with van der Waals surface area (Å²) in [6.45, 7) is 10.8. The second-order valence-corrected chi connectivity index (χ2v) is 8.66. The molecular formula is C22H28BrN3O2. The molecule has 2 aromatic rings. The molecule has 150 valence electrons. The highest BCUT2D eigenvalue weighted by Crippen LogP contribution is 2.31. The van der Waals surface area contributed by atoms with E-state index in [1.165, 1.54) is 0 Å². The third kappa shape index (κ3) is 3.89. The van der Waals surface area contributed by atoms with Crippen LogP contribution in [0, 0.1) is 6.92 Å². The molecule has 0 aliphatic carbocycles. The summed E-state index contributed by atoms with van der Waals surface area (Å²) in [5.41, 5.74) is 5.85. The highest BCUT2D eigenvalue weighted by molar-refractivity contribution is 9.10. The zero-order valence-corrected chi connectivity index (χ0v) is 18.6. The fourth-order valence-corrected chi connectivity index (χ4v) is 4.36. The maximum absolute atomic E-state index is 13.1. The fourth-order valence-electron chi connectivity index (χ4n) is 3.92. The van der Waals surface area contributed by atoms with Gasteiger partial charge in [0.25, 0.3) is 5.91 Å². The number of fused-ring (bicyclic) bond motifs is 1. The van der Waals surface area contributed by atoms with Crippen molar-refractivity contribution in [1.29, 1.82) is 0 Å². The number of amides is 1. The lowest BCUT2D eigenvalue weighted by atomic mass is 9.97. The Hall–Kier alpha value is -2.05. The summed E-state index contributed by atoms with van der Waals surface area (Å²) in [7, 11) is 0. The van der Waals surface area contributed by atoms with E-state index in [4.69, 9.17) is 0 Å². The Morgan fingerprint density at radius 1 is 1.36 bits per heavy atom. The van der Waals surface area contributed by atoms with E-state index in [0.717, 1.165) is 37.8 Å². The number of nitrogens with zero attached hydrogens (tertiary/aromatic N) is 1. The third-order valence-electron chi connectivity index (χ3n) is 5.32. The number of nitrogens with one attached hydrogen (secondary N) is 2. The lowest BCUT2D eigenvalue weighted by Gasteiger charge is -2.26. The standard InChI is InChI=1S/C22H28BrN3O2/c1-12(2)26-10-14(4)21-18(7-16(23)8-20(21)26)22(28)24-9-19-13(3)6-17(11-27)25-15(19)5/h6-8,10,12,15,25,27H,9,11H2,1-5H3,(H,24,28). The molecule has 1 aromatic heterocycles. The summed E-state index contributed by atoms with van der Waals surface area (Å²) in [4.78, 5) is 13.1. The van der Waals surface area contributed by atoms with E-state index in [-0.39, 0.29) is 18.6 Å². The van der Waals surface area contributed by atoms with Gasteiger partial charge in [-0.05, 0) is 69.5 Å². The van der Waals surface area contributed by atoms with Gasteiger partial charge >= 0.3 is 0 Å². The van der Waals surface area contributed by atoms with Gasteiger partial charge in [0.1, 0.15) is 0 Å². The van der Waals surface area contributed by atoms with Gasteiger partial charge in [-0.15, -0.1) is 0 Å². The Labute approximate surface area is 174 Å². The Kier molecular flexibility index (Phi) is 6.01. The molecule has 1 atom stereocenters. The number of hydrogen-bond acceptors (Lipinski definition) is 3. The Balaban J connectivity index is 1.92. The van der Waals surface area contributed by atoms with Crippen molar-refractivity contribution in [3.63, 3.8) is 0 Å². The average Bonchev–Trinajstić information content (AvgIpc) is 2.96. The van der Waals surface area contributed by atoms with Gasteiger partial charge in [-0.3, -0.25) is 4.79 Å². The minimum atomic E-state index is -0.0830. The topological polar surface area (TPSA) is 66.3 Å². The summed E-state index contributed by atoms with van der Waals surface area (Å²) in [6, 6.07) is 4.35. The summed E-state index contributed by atoms with van der Waals surface area (Å²) in [6.07, 6.45) is 4.05. The largest absolute Gasteiger partial charge is 0.390 e. The van der Waals surface area contributed by atoms with Crippen LogP contribution in [-0.4, -0.2) is 34.8 Å². The van der Waals surface area contributed by atoms with Crippen molar-refractivity contribution in [2.75, 3.05) is 13.2 Å². The van der Waals surface area contributed by atoms with Crippen molar-refractivity contribution in [2.24, 2.45) is 0 Å². The molecule has 28 heavy (non-hydrogen) atoms. The highest BCUT2D eigenvalue weighted by Gasteiger charge is 2.21. The number of dihydropyridines is 1. The molecule has 3 rings (SSSR count). The number of allylic oxidation sites excluding steroid dienone is 2. The van der Waals surface area contributed by atoms with Crippen molar-refractivity contribution in [2.45, 2.75) is 46.7 Å². The van der Waals surface area contributed by atoms with Gasteiger partial charge in [-0.1, -0.05) is 15.9 Å². The average molecular weight is 446 g/mol. The number of benzene rings is 1. The lowest BCUT2D eigenvalue weighted by molar-refractivity contribution is 0.0958. The van der Waals surface area contributed by atoms with Crippen LogP contribution in [0.2, 0.25) is 0 Å². The van der Waals surface area contributed by atoms with Crippen molar-refractivity contribution in [3.05, 3.63) is 56.8 Å². The molecule has 1 amide bonds. The van der Waals surface area contributed by atoms with E-state index in [1.807, 2.05) is 32.9 Å². The van der Waals surface area contributed by atoms with E-state index >= 15 is 0 Å². The molecule has 1 unspecified atom stereocenters. The molecule has 0 spiro atoms. The first-order chi connectivity index (χ1) is 13.2. The van der Waals surface area contributed by atoms with Crippen LogP contribution < -0.4 is 10.6 Å². The van der Waals surface area contributed by atoms with Crippen LogP contribution in [-0.2, 0) is 0 Å². The lowest BCUT2D eigenvalue weighted by Crippen LogP contribution is -2.38. The molecule has 2 heterocycles. The maximum atomic E-state index is 13.1. The van der Waals surface area contributed by atoms with Crippen LogP contribution in [0.5, 0.6) is 0 Å². The zero-order chi connectivity index (χ0) is 20.6. The number of aromatic nitrogens is 1. The Morgan fingerprint density at radius 2 is 2.07 bits per heavy atom. The van der Waals surface area contributed by atoms with Crippen molar-refractivity contribution in [1.82, 2.24) is 15.2 Å². The number of aliphatic hydroxyl groups excluding tert-OH is 1. The van der Waals surface area contributed by atoms with E-state index < -0.39 is 0 Å². The number of hydrogen-bond donors (Lipinski definition) is 3. The molecule has 3 N–H and O–H groups in total. The molecule has 0 saturated heterocycles. The maximum Gasteiger partial charge on any atom is 0.252 e. The fraction of sp³-hybridized carbons (Fsp3) is 0.409. The first kappa shape index (κ1) is 20.7. The highest BCUT2D eigenvalue weighted by atomic mass is 79.9. The van der Waals surface area contributed by atoms with Gasteiger partial charge in [0.2, 0.25) is 0 Å². The van der Waals surface area contributed by atoms with Gasteiger partial charge in [-0.2, -0.15) is 0 Å². The van der Waals surface area contributed by atoms with E-state index in [9.17, 15) is 9.90 Å². The van der Waals surface area contributed by atoms with E-state index in [1.54, 1.807) is 0 Å². The van der Waals surface area contributed by atoms with Gasteiger partial charge in [0.15, 0.2) is 0 Å². The van der Waals surface area contributed by atoms with Gasteiger partial charge in [0.05, 0.1) is 17.7 Å².